The molecule has 2 heterocycles. The fraction of sp³-hybridized carbons (Fsp3) is 0.292. The number of furan rings is 1. The maximum absolute atomic E-state index is 12.2. The van der Waals surface area contributed by atoms with Gasteiger partial charge < -0.3 is 4.42 Å². The highest BCUT2D eigenvalue weighted by Gasteiger charge is 2.20. The van der Waals surface area contributed by atoms with Crippen molar-refractivity contribution in [2.75, 3.05) is 0 Å². The Morgan fingerprint density at radius 1 is 1.20 bits per heavy atom. The van der Waals surface area contributed by atoms with Crippen molar-refractivity contribution < 1.29 is 9.21 Å². The van der Waals surface area contributed by atoms with Crippen LogP contribution in [0.1, 0.15) is 51.9 Å². The minimum Gasteiger partial charge on any atom is -0.443 e. The summed E-state index contributed by atoms with van der Waals surface area (Å²) in [5.74, 6) is 1.07. The van der Waals surface area contributed by atoms with E-state index in [0.29, 0.717) is 11.4 Å². The molecule has 1 N–H and O–H groups in total. The molecule has 0 aliphatic heterocycles. The lowest BCUT2D eigenvalue weighted by Crippen LogP contribution is -2.19. The van der Waals surface area contributed by atoms with Gasteiger partial charge in [0.1, 0.15) is 17.4 Å². The van der Waals surface area contributed by atoms with Crippen molar-refractivity contribution in [3.8, 4) is 12.0 Å². The lowest BCUT2D eigenvalue weighted by atomic mass is 10.1. The number of rotatable bonds is 6. The fourth-order valence-corrected chi connectivity index (χ4v) is 3.42. The first-order valence-electron chi connectivity index (χ1n) is 9.94. The van der Waals surface area contributed by atoms with Crippen molar-refractivity contribution >= 4 is 12.1 Å². The van der Waals surface area contributed by atoms with E-state index in [1.54, 1.807) is 6.21 Å². The number of nitriles is 1. The molecule has 0 atom stereocenters. The smallest absolute Gasteiger partial charge is 0.244 e. The van der Waals surface area contributed by atoms with Crippen LogP contribution in [0.25, 0.3) is 5.88 Å². The fourth-order valence-electron chi connectivity index (χ4n) is 3.42. The van der Waals surface area contributed by atoms with E-state index in [9.17, 15) is 10.1 Å². The van der Waals surface area contributed by atoms with Gasteiger partial charge in [-0.25, -0.2) is 5.43 Å². The molecule has 2 aromatic heterocycles. The van der Waals surface area contributed by atoms with Crippen molar-refractivity contribution in [3.05, 3.63) is 75.3 Å². The first kappa shape index (κ1) is 21.1. The van der Waals surface area contributed by atoms with E-state index >= 15 is 0 Å². The van der Waals surface area contributed by atoms with Crippen molar-refractivity contribution in [2.24, 2.45) is 5.10 Å². The van der Waals surface area contributed by atoms with Gasteiger partial charge in [-0.1, -0.05) is 31.2 Å². The maximum atomic E-state index is 12.2. The second-order valence-corrected chi connectivity index (χ2v) is 7.38. The lowest BCUT2D eigenvalue weighted by molar-refractivity contribution is -0.120. The number of carbonyl (C=O) groups is 1. The van der Waals surface area contributed by atoms with Crippen LogP contribution in [0, 0.1) is 39.0 Å². The molecule has 3 aromatic rings. The van der Waals surface area contributed by atoms with Crippen LogP contribution in [-0.2, 0) is 17.6 Å². The van der Waals surface area contributed by atoms with Crippen LogP contribution < -0.4 is 5.43 Å². The molecular formula is C24H26N4O2. The summed E-state index contributed by atoms with van der Waals surface area (Å²) in [4.78, 5) is 12.2. The number of hydrogen-bond donors (Lipinski definition) is 1. The third-order valence-electron chi connectivity index (χ3n) is 5.34. The normalized spacial score (nSPS) is 11.1. The molecule has 3 rings (SSSR count). The standard InChI is InChI=1S/C24H26N4O2/c1-6-19-7-9-20(10-8-19)12-23(29)27-26-14-21-11-15(2)28(17(21)4)24-22(13-25)16(3)18(5)30-24/h7-11,14H,6,12H2,1-5H3,(H,27,29)/b26-14+. The lowest BCUT2D eigenvalue weighted by Gasteiger charge is -2.06. The summed E-state index contributed by atoms with van der Waals surface area (Å²) in [6.45, 7) is 9.70. The zero-order chi connectivity index (χ0) is 21.8. The molecule has 0 saturated heterocycles. The zero-order valence-electron chi connectivity index (χ0n) is 18.0. The Balaban J connectivity index is 1.74. The van der Waals surface area contributed by atoms with Gasteiger partial charge in [-0.15, -0.1) is 0 Å². The van der Waals surface area contributed by atoms with Gasteiger partial charge in [0.25, 0.3) is 0 Å². The van der Waals surface area contributed by atoms with Crippen LogP contribution >= 0.6 is 0 Å². The van der Waals surface area contributed by atoms with E-state index in [1.165, 1.54) is 5.56 Å². The van der Waals surface area contributed by atoms with E-state index in [2.05, 4.69) is 23.5 Å². The molecule has 0 aliphatic rings. The SMILES string of the molecule is CCc1ccc(CC(=O)N/N=C/c2cc(C)n(-c3oc(C)c(C)c3C#N)c2C)cc1. The van der Waals surface area contributed by atoms with Gasteiger partial charge in [0.05, 0.1) is 12.6 Å². The van der Waals surface area contributed by atoms with E-state index in [0.717, 1.165) is 40.3 Å². The highest BCUT2D eigenvalue weighted by molar-refractivity contribution is 5.84. The molecule has 0 unspecified atom stereocenters. The highest BCUT2D eigenvalue weighted by atomic mass is 16.4. The summed E-state index contributed by atoms with van der Waals surface area (Å²) in [7, 11) is 0. The van der Waals surface area contributed by atoms with Crippen LogP contribution in [-0.4, -0.2) is 16.7 Å². The van der Waals surface area contributed by atoms with E-state index in [1.807, 2.05) is 62.6 Å². The van der Waals surface area contributed by atoms with Crippen molar-refractivity contribution in [1.29, 1.82) is 5.26 Å². The van der Waals surface area contributed by atoms with Crippen molar-refractivity contribution in [2.45, 2.75) is 47.5 Å². The summed E-state index contributed by atoms with van der Waals surface area (Å²) in [5.41, 5.74) is 8.79. The number of amides is 1. The number of hydrazone groups is 1. The Hall–Kier alpha value is -3.59. The molecule has 1 aromatic carbocycles. The topological polar surface area (TPSA) is 83.3 Å². The Morgan fingerprint density at radius 3 is 2.50 bits per heavy atom. The molecule has 30 heavy (non-hydrogen) atoms. The minimum absolute atomic E-state index is 0.173. The molecule has 0 spiro atoms. The predicted octanol–water partition coefficient (Wildman–Crippen LogP) is 4.43. The molecule has 0 aliphatic carbocycles. The summed E-state index contributed by atoms with van der Waals surface area (Å²) in [6.07, 6.45) is 2.87. The number of nitrogens with one attached hydrogen (secondary N) is 1. The second-order valence-electron chi connectivity index (χ2n) is 7.38. The number of hydrogen-bond acceptors (Lipinski definition) is 4. The summed E-state index contributed by atoms with van der Waals surface area (Å²) in [5, 5.41) is 13.6. The van der Waals surface area contributed by atoms with Gasteiger partial charge in [0, 0.05) is 22.5 Å². The van der Waals surface area contributed by atoms with Crippen LogP contribution in [0.2, 0.25) is 0 Å². The third kappa shape index (κ3) is 4.20. The van der Waals surface area contributed by atoms with Crippen molar-refractivity contribution in [3.63, 3.8) is 0 Å². The molecular weight excluding hydrogens is 376 g/mol. The predicted molar refractivity (Wildman–Crippen MR) is 117 cm³/mol. The number of aromatic nitrogens is 1. The number of nitrogens with zero attached hydrogens (tertiary/aromatic N) is 3. The molecule has 6 nitrogen and oxygen atoms in total. The van der Waals surface area contributed by atoms with Gasteiger partial charge in [0.15, 0.2) is 0 Å². The van der Waals surface area contributed by atoms with Crippen LogP contribution in [0.4, 0.5) is 0 Å². The van der Waals surface area contributed by atoms with Crippen molar-refractivity contribution in [1.82, 2.24) is 9.99 Å². The Kier molecular flexibility index (Phi) is 6.22. The average Bonchev–Trinajstić information content (AvgIpc) is 3.16. The molecule has 0 saturated carbocycles. The highest BCUT2D eigenvalue weighted by Crippen LogP contribution is 2.28. The molecule has 154 valence electrons. The Bertz CT molecular complexity index is 1140. The summed E-state index contributed by atoms with van der Waals surface area (Å²) >= 11 is 0. The molecule has 0 fully saturated rings. The van der Waals surface area contributed by atoms with Gasteiger partial charge in [-0.2, -0.15) is 10.4 Å². The van der Waals surface area contributed by atoms with E-state index in [-0.39, 0.29) is 12.3 Å². The maximum Gasteiger partial charge on any atom is 0.244 e. The average molecular weight is 402 g/mol. The second kappa shape index (κ2) is 8.83. The first-order valence-corrected chi connectivity index (χ1v) is 9.94. The van der Waals surface area contributed by atoms with Crippen LogP contribution in [0.3, 0.4) is 0 Å². The number of benzene rings is 1. The monoisotopic (exact) mass is 402 g/mol. The summed E-state index contributed by atoms with van der Waals surface area (Å²) < 4.78 is 7.75. The van der Waals surface area contributed by atoms with Gasteiger partial charge in [-0.05, 0) is 51.3 Å². The van der Waals surface area contributed by atoms with E-state index in [4.69, 9.17) is 4.42 Å². The molecule has 1 amide bonds. The largest absolute Gasteiger partial charge is 0.443 e. The van der Waals surface area contributed by atoms with Gasteiger partial charge in [0.2, 0.25) is 11.8 Å². The Morgan fingerprint density at radius 2 is 1.87 bits per heavy atom. The minimum atomic E-state index is -0.173. The first-order chi connectivity index (χ1) is 14.3. The number of carbonyl (C=O) groups excluding carboxylic acids is 1. The van der Waals surface area contributed by atoms with E-state index < -0.39 is 0 Å². The Labute approximate surface area is 176 Å². The zero-order valence-corrected chi connectivity index (χ0v) is 18.0. The number of aryl methyl sites for hydroxylation is 3. The summed E-state index contributed by atoms with van der Waals surface area (Å²) in [6, 6.07) is 12.2. The third-order valence-corrected chi connectivity index (χ3v) is 5.34. The molecule has 6 heteroatoms. The van der Waals surface area contributed by atoms with Gasteiger partial charge in [-0.3, -0.25) is 9.36 Å². The van der Waals surface area contributed by atoms with Crippen LogP contribution in [0.15, 0.2) is 39.9 Å². The van der Waals surface area contributed by atoms with Gasteiger partial charge >= 0.3 is 0 Å². The molecule has 0 bridgehead atoms. The van der Waals surface area contributed by atoms with Crippen LogP contribution in [0.5, 0.6) is 0 Å². The molecule has 0 radical (unpaired) electrons. The quantitative estimate of drug-likeness (QED) is 0.489.